The molecule has 2 aromatic rings. The third-order valence-corrected chi connectivity index (χ3v) is 6.63. The van der Waals surface area contributed by atoms with Crippen molar-refractivity contribution in [2.24, 2.45) is 0 Å². The van der Waals surface area contributed by atoms with Crippen molar-refractivity contribution < 1.29 is 14.3 Å². The maximum Gasteiger partial charge on any atom is 0.341 e. The third-order valence-electron chi connectivity index (χ3n) is 6.63. The summed E-state index contributed by atoms with van der Waals surface area (Å²) in [5.74, 6) is -1.43. The van der Waals surface area contributed by atoms with Gasteiger partial charge in [-0.05, 0) is 63.1 Å². The number of nitrogens with zero attached hydrogens (tertiary/aromatic N) is 2. The number of aromatic nitrogens is 1. The lowest BCUT2D eigenvalue weighted by atomic mass is 9.98. The zero-order valence-corrected chi connectivity index (χ0v) is 15.9. The number of halogens is 1. The Bertz CT molecular complexity index is 1040. The fraction of sp³-hybridized carbons (Fsp3) is 0.524. The number of hydrogen-bond acceptors (Lipinski definition) is 4. The minimum atomic E-state index is -1.26. The van der Waals surface area contributed by atoms with Gasteiger partial charge in [-0.15, -0.1) is 0 Å². The molecule has 1 saturated carbocycles. The van der Waals surface area contributed by atoms with Crippen LogP contribution in [0.15, 0.2) is 17.1 Å². The van der Waals surface area contributed by atoms with Crippen LogP contribution in [0.25, 0.3) is 5.52 Å². The Kier molecular flexibility index (Phi) is 3.98. The predicted octanol–water partition coefficient (Wildman–Crippen LogP) is 2.52. The third kappa shape index (κ3) is 2.56. The van der Waals surface area contributed by atoms with Crippen LogP contribution < -0.4 is 15.8 Å². The summed E-state index contributed by atoms with van der Waals surface area (Å²) < 4.78 is 16.6. The number of carboxylic acids is 1. The van der Waals surface area contributed by atoms with Crippen LogP contribution in [0.5, 0.6) is 0 Å². The van der Waals surface area contributed by atoms with Gasteiger partial charge in [-0.2, -0.15) is 0 Å². The molecule has 2 aliphatic heterocycles. The highest BCUT2D eigenvalue weighted by Gasteiger charge is 2.38. The average Bonchev–Trinajstić information content (AvgIpc) is 3.45. The molecule has 2 unspecified atom stereocenters. The second kappa shape index (κ2) is 6.30. The quantitative estimate of drug-likeness (QED) is 0.849. The summed E-state index contributed by atoms with van der Waals surface area (Å²) in [5, 5.41) is 12.8. The Morgan fingerprint density at radius 3 is 2.79 bits per heavy atom. The molecule has 148 valence electrons. The van der Waals surface area contributed by atoms with Crippen LogP contribution in [0.1, 0.15) is 59.5 Å². The van der Waals surface area contributed by atoms with Crippen LogP contribution in [0, 0.1) is 5.82 Å². The molecule has 2 N–H and O–H groups in total. The lowest BCUT2D eigenvalue weighted by molar-refractivity contribution is 0.0694. The monoisotopic (exact) mass is 385 g/mol. The molecule has 2 atom stereocenters. The van der Waals surface area contributed by atoms with Crippen LogP contribution in [-0.4, -0.2) is 41.2 Å². The molecule has 28 heavy (non-hydrogen) atoms. The number of carboxylic acid groups (broad SMARTS) is 1. The number of carbonyl (C=O) groups is 1. The van der Waals surface area contributed by atoms with Gasteiger partial charge in [-0.1, -0.05) is 0 Å². The van der Waals surface area contributed by atoms with Crippen molar-refractivity contribution >= 4 is 17.2 Å². The van der Waals surface area contributed by atoms with Crippen molar-refractivity contribution in [3.63, 3.8) is 0 Å². The first kappa shape index (κ1) is 17.7. The maximum absolute atomic E-state index is 15.3. The number of fused-ring (bicyclic) bond motifs is 5. The lowest BCUT2D eigenvalue weighted by Gasteiger charge is -2.27. The summed E-state index contributed by atoms with van der Waals surface area (Å²) in [6.07, 6.45) is 6.79. The highest BCUT2D eigenvalue weighted by atomic mass is 19.1. The average molecular weight is 385 g/mol. The molecule has 0 bridgehead atoms. The molecule has 0 aromatic carbocycles. The smallest absolute Gasteiger partial charge is 0.341 e. The van der Waals surface area contributed by atoms with E-state index in [2.05, 4.69) is 10.2 Å². The summed E-state index contributed by atoms with van der Waals surface area (Å²) in [6, 6.07) is 2.16. The molecule has 7 heteroatoms. The van der Waals surface area contributed by atoms with Crippen molar-refractivity contribution in [2.75, 3.05) is 18.5 Å². The summed E-state index contributed by atoms with van der Waals surface area (Å²) in [6.45, 7) is 0.747. The zero-order valence-electron chi connectivity index (χ0n) is 15.9. The topological polar surface area (TPSA) is 74.0 Å². The Labute approximate surface area is 162 Å². The summed E-state index contributed by atoms with van der Waals surface area (Å²) in [5.41, 5.74) is 2.18. The van der Waals surface area contributed by atoms with Gasteiger partial charge in [0.05, 0.1) is 17.4 Å². The molecule has 6 nitrogen and oxygen atoms in total. The van der Waals surface area contributed by atoms with Crippen molar-refractivity contribution in [1.29, 1.82) is 0 Å². The van der Waals surface area contributed by atoms with Crippen molar-refractivity contribution in [1.82, 2.24) is 9.72 Å². The van der Waals surface area contributed by atoms with E-state index in [9.17, 15) is 14.7 Å². The molecule has 2 fully saturated rings. The molecular formula is C21H24FN3O3. The number of nitrogens with one attached hydrogen (secondary N) is 1. The van der Waals surface area contributed by atoms with E-state index in [1.165, 1.54) is 10.6 Å². The first-order chi connectivity index (χ1) is 13.5. The SMILES string of the molecule is CNC1CC2CCCc3c(c(F)cn4c(=O)c(C(=O)O)cc(C5CC5)c34)N2C1. The first-order valence-electron chi connectivity index (χ1n) is 10.1. The normalized spacial score (nSPS) is 24.1. The van der Waals surface area contributed by atoms with E-state index >= 15 is 4.39 Å². The van der Waals surface area contributed by atoms with Gasteiger partial charge in [0.15, 0.2) is 5.82 Å². The maximum atomic E-state index is 15.3. The number of aryl methyl sites for hydroxylation is 1. The fourth-order valence-corrected chi connectivity index (χ4v) is 5.12. The molecule has 4 heterocycles. The van der Waals surface area contributed by atoms with Crippen LogP contribution >= 0.6 is 0 Å². The number of hydrogen-bond donors (Lipinski definition) is 2. The highest BCUT2D eigenvalue weighted by molar-refractivity contribution is 5.89. The molecular weight excluding hydrogens is 361 g/mol. The summed E-state index contributed by atoms with van der Waals surface area (Å²) in [4.78, 5) is 26.6. The van der Waals surface area contributed by atoms with E-state index < -0.39 is 17.3 Å². The minimum Gasteiger partial charge on any atom is -0.477 e. The number of anilines is 1. The van der Waals surface area contributed by atoms with Gasteiger partial charge < -0.3 is 15.3 Å². The molecule has 2 aromatic heterocycles. The van der Waals surface area contributed by atoms with Crippen LogP contribution in [0.4, 0.5) is 10.1 Å². The molecule has 1 aliphatic carbocycles. The van der Waals surface area contributed by atoms with Crippen LogP contribution in [-0.2, 0) is 6.42 Å². The van der Waals surface area contributed by atoms with Gasteiger partial charge in [0, 0.05) is 24.2 Å². The standard InChI is InChI=1S/C21H24FN3O3/c1-23-12-7-13-3-2-4-14-18-15(11-5-6-11)8-16(21(27)28)20(26)25(18)10-17(22)19(14)24(13)9-12/h8,10-13,23H,2-7,9H2,1H3,(H,27,28). The van der Waals surface area contributed by atoms with E-state index in [4.69, 9.17) is 0 Å². The predicted molar refractivity (Wildman–Crippen MR) is 104 cm³/mol. The molecule has 0 amide bonds. The molecule has 0 spiro atoms. The van der Waals surface area contributed by atoms with Crippen molar-refractivity contribution in [2.45, 2.75) is 56.5 Å². The molecule has 0 radical (unpaired) electrons. The van der Waals surface area contributed by atoms with Crippen LogP contribution in [0.3, 0.4) is 0 Å². The van der Waals surface area contributed by atoms with E-state index in [0.717, 1.165) is 55.3 Å². The van der Waals surface area contributed by atoms with Gasteiger partial charge in [-0.3, -0.25) is 9.20 Å². The zero-order chi connectivity index (χ0) is 19.6. The second-order valence-corrected chi connectivity index (χ2v) is 8.34. The van der Waals surface area contributed by atoms with E-state index in [-0.39, 0.29) is 11.5 Å². The Morgan fingerprint density at radius 2 is 2.11 bits per heavy atom. The lowest BCUT2D eigenvalue weighted by Crippen LogP contribution is -2.33. The number of likely N-dealkylation sites (N-methyl/N-ethyl adjacent to an activating group) is 1. The second-order valence-electron chi connectivity index (χ2n) is 8.34. The first-order valence-corrected chi connectivity index (χ1v) is 10.1. The van der Waals surface area contributed by atoms with Gasteiger partial charge in [0.1, 0.15) is 5.56 Å². The van der Waals surface area contributed by atoms with Gasteiger partial charge in [0.25, 0.3) is 5.56 Å². The van der Waals surface area contributed by atoms with Gasteiger partial charge in [0.2, 0.25) is 0 Å². The van der Waals surface area contributed by atoms with Crippen molar-refractivity contribution in [3.05, 3.63) is 45.1 Å². The summed E-state index contributed by atoms with van der Waals surface area (Å²) >= 11 is 0. The largest absolute Gasteiger partial charge is 0.477 e. The molecule has 5 rings (SSSR count). The Morgan fingerprint density at radius 1 is 1.32 bits per heavy atom. The highest BCUT2D eigenvalue weighted by Crippen LogP contribution is 2.45. The Hall–Kier alpha value is -2.41. The molecule has 1 saturated heterocycles. The van der Waals surface area contributed by atoms with Crippen molar-refractivity contribution in [3.8, 4) is 0 Å². The fourth-order valence-electron chi connectivity index (χ4n) is 5.12. The van der Waals surface area contributed by atoms with Gasteiger partial charge in [-0.25, -0.2) is 9.18 Å². The minimum absolute atomic E-state index is 0.256. The van der Waals surface area contributed by atoms with Crippen LogP contribution in [0.2, 0.25) is 0 Å². The van der Waals surface area contributed by atoms with E-state index in [1.807, 2.05) is 7.05 Å². The van der Waals surface area contributed by atoms with E-state index in [0.29, 0.717) is 24.2 Å². The number of aromatic carboxylic acids is 1. The van der Waals surface area contributed by atoms with E-state index in [1.54, 1.807) is 6.07 Å². The molecule has 3 aliphatic rings. The summed E-state index contributed by atoms with van der Waals surface area (Å²) in [7, 11) is 1.94. The Balaban J connectivity index is 1.81. The van der Waals surface area contributed by atoms with Gasteiger partial charge >= 0.3 is 5.97 Å². The number of rotatable bonds is 3. The number of pyridine rings is 2.